The maximum Gasteiger partial charge on any atom is 0.332 e. The molecule has 0 saturated heterocycles. The van der Waals surface area contributed by atoms with Gasteiger partial charge in [0.25, 0.3) is 0 Å². The second-order valence-electron chi connectivity index (χ2n) is 22.4. The number of nitrogens with zero attached hydrogens (tertiary/aromatic N) is 11. The van der Waals surface area contributed by atoms with Gasteiger partial charge in [-0.3, -0.25) is 9.59 Å². The van der Waals surface area contributed by atoms with Crippen LogP contribution in [0.25, 0.3) is 0 Å². The topological polar surface area (TPSA) is 253 Å². The number of hydrogen-bond acceptors (Lipinski definition) is 18. The Morgan fingerprint density at radius 2 is 1.10 bits per heavy atom. The number of benzene rings is 2. The number of carbonyl (C=O) groups is 3. The third-order valence-corrected chi connectivity index (χ3v) is 13.7. The van der Waals surface area contributed by atoms with E-state index in [4.69, 9.17) is 29.0 Å². The van der Waals surface area contributed by atoms with Gasteiger partial charge in [-0.15, -0.1) is 0 Å². The summed E-state index contributed by atoms with van der Waals surface area (Å²) in [7, 11) is 0. The summed E-state index contributed by atoms with van der Waals surface area (Å²) < 4.78 is 26.4. The predicted octanol–water partition coefficient (Wildman–Crippen LogP) is 6.40. The van der Waals surface area contributed by atoms with Crippen LogP contribution < -0.4 is 16.0 Å². The molecule has 0 fully saturated rings. The summed E-state index contributed by atoms with van der Waals surface area (Å²) in [5.74, 6) is 0.908. The zero-order valence-electron chi connectivity index (χ0n) is 49.2. The van der Waals surface area contributed by atoms with Crippen LogP contribution in [0, 0.1) is 0 Å². The van der Waals surface area contributed by atoms with E-state index in [-0.39, 0.29) is 48.6 Å². The first-order chi connectivity index (χ1) is 40.5. The van der Waals surface area contributed by atoms with Gasteiger partial charge < -0.3 is 58.6 Å². The van der Waals surface area contributed by atoms with Gasteiger partial charge in [0.05, 0.1) is 50.2 Å². The Hall–Kier alpha value is -7.44. The van der Waals surface area contributed by atoms with Gasteiger partial charge in [0.15, 0.2) is 0 Å². The highest BCUT2D eigenvalue weighted by Crippen LogP contribution is 2.26. The van der Waals surface area contributed by atoms with Crippen molar-refractivity contribution in [2.75, 3.05) is 62.1 Å². The summed E-state index contributed by atoms with van der Waals surface area (Å²) in [6.07, 6.45) is 25.5. The Bertz CT molecular complexity index is 3050. The van der Waals surface area contributed by atoms with Crippen molar-refractivity contribution >= 4 is 45.7 Å². The van der Waals surface area contributed by atoms with Crippen molar-refractivity contribution in [3.05, 3.63) is 162 Å². The highest BCUT2D eigenvalue weighted by atomic mass is 79.9. The zero-order chi connectivity index (χ0) is 59.7. The largest absolute Gasteiger partial charge is 0.459 e. The van der Waals surface area contributed by atoms with E-state index >= 15 is 0 Å². The number of aromatic nitrogens is 10. The lowest BCUT2D eigenvalue weighted by molar-refractivity contribution is -0.160. The SMILES string of the molecule is CC(C)(C)OC(=O)CBr.CC(C)(C)OC(=O)COCCn1ccnc1.O=C(COCCn1ccnc1)N1CCc2nc(NC3Cc4ccccc4C3)ncc2C1.OCCn1ccnc1.c1ccc2c(c1)CC(Nc1ncc3c(n1)CCNC3)C2. The summed E-state index contributed by atoms with van der Waals surface area (Å²) in [6, 6.07) is 18.0. The van der Waals surface area contributed by atoms with Gasteiger partial charge in [0.2, 0.25) is 17.8 Å². The molecule has 0 saturated carbocycles. The summed E-state index contributed by atoms with van der Waals surface area (Å²) in [5, 5.41) is 19.0. The van der Waals surface area contributed by atoms with Crippen LogP contribution in [0.15, 0.2) is 117 Å². The molecule has 84 heavy (non-hydrogen) atoms. The number of ether oxygens (including phenoxy) is 4. The Kier molecular flexibility index (Phi) is 24.9. The maximum atomic E-state index is 12.5. The smallest absolute Gasteiger partial charge is 0.332 e. The lowest BCUT2D eigenvalue weighted by Gasteiger charge is -2.28. The minimum absolute atomic E-state index is 0.00204. The third kappa shape index (κ3) is 22.3. The lowest BCUT2D eigenvalue weighted by Crippen LogP contribution is -2.39. The molecule has 7 heterocycles. The molecule has 22 nitrogen and oxygen atoms in total. The van der Waals surface area contributed by atoms with Crippen LogP contribution in [0.1, 0.15) is 86.3 Å². The molecule has 2 aliphatic carbocycles. The van der Waals surface area contributed by atoms with Gasteiger partial charge in [-0.05, 0) is 89.5 Å². The number of carbonyl (C=O) groups excluding carboxylic acids is 3. The van der Waals surface area contributed by atoms with Gasteiger partial charge in [-0.2, -0.15) is 0 Å². The molecule has 0 spiro atoms. The average Bonchev–Trinajstić information content (AvgIpc) is 4.52. The van der Waals surface area contributed by atoms with Gasteiger partial charge >= 0.3 is 11.9 Å². The van der Waals surface area contributed by atoms with Crippen LogP contribution >= 0.6 is 15.9 Å². The standard InChI is InChI=1S/C23H26N6O2.C16H18N4.C11H18N2O3.C6H11BrO2.C5H8N2O/c30-22(15-31-10-9-28-8-6-24-16-28)29-7-5-21-19(14-29)13-25-23(27-21)26-20-11-17-3-1-2-4-18(17)12-20;1-2-4-12-8-14(7-11(12)3-1)19-16-18-10-13-9-17-6-5-15(13)20-16;1-11(2,3)16-10(14)8-15-7-6-13-5-4-12-9-13;1-6(2,3)9-5(8)4-7;8-4-3-7-2-1-6-5-7/h1-4,6,8,13,16,20H,5,7,9-12,14-15H2,(H,25,26,27);1-4,10,14,17H,5-9H2,(H,18,19,20);4-5,9H,6-8H2,1-3H3;4H2,1-3H3;1-2,5,8H,3-4H2. The quantitative estimate of drug-likeness (QED) is 0.0437. The molecule has 0 atom stereocenters. The first-order valence-electron chi connectivity index (χ1n) is 28.5. The summed E-state index contributed by atoms with van der Waals surface area (Å²) in [6.45, 7) is 17.3. The zero-order valence-corrected chi connectivity index (χ0v) is 50.7. The molecule has 0 unspecified atom stereocenters. The molecule has 450 valence electrons. The van der Waals surface area contributed by atoms with Crippen molar-refractivity contribution in [3.63, 3.8) is 0 Å². The third-order valence-electron chi connectivity index (χ3n) is 13.3. The van der Waals surface area contributed by atoms with Gasteiger partial charge in [-0.1, -0.05) is 64.5 Å². The number of halogens is 1. The summed E-state index contributed by atoms with van der Waals surface area (Å²) in [5.41, 5.74) is 9.36. The first-order valence-corrected chi connectivity index (χ1v) is 29.6. The van der Waals surface area contributed by atoms with Crippen molar-refractivity contribution in [1.29, 1.82) is 0 Å². The number of hydrogen-bond donors (Lipinski definition) is 4. The van der Waals surface area contributed by atoms with E-state index < -0.39 is 5.60 Å². The molecule has 1 amide bonds. The fraction of sp³-hybridized carbons (Fsp3) is 0.475. The number of amides is 1. The molecule has 5 aromatic heterocycles. The number of aliphatic hydroxyl groups is 1. The second-order valence-corrected chi connectivity index (χ2v) is 23.0. The van der Waals surface area contributed by atoms with Crippen LogP contribution in [0.3, 0.4) is 0 Å². The van der Waals surface area contributed by atoms with E-state index in [9.17, 15) is 14.4 Å². The van der Waals surface area contributed by atoms with E-state index in [0.717, 1.165) is 68.8 Å². The van der Waals surface area contributed by atoms with Crippen molar-refractivity contribution in [2.45, 2.75) is 136 Å². The molecule has 11 rings (SSSR count). The number of imidazole rings is 3. The lowest BCUT2D eigenvalue weighted by atomic mass is 10.1. The molecule has 2 aliphatic heterocycles. The fourth-order valence-corrected chi connectivity index (χ4v) is 9.56. The minimum Gasteiger partial charge on any atom is -0.459 e. The second kappa shape index (κ2) is 32.6. The first kappa shape index (κ1) is 64.1. The van der Waals surface area contributed by atoms with E-state index in [2.05, 4.69) is 110 Å². The monoisotopic (exact) mass is 1220 g/mol. The molecular weight excluding hydrogens is 1140 g/mol. The number of rotatable bonds is 17. The Morgan fingerprint density at radius 3 is 1.55 bits per heavy atom. The van der Waals surface area contributed by atoms with E-state index in [0.29, 0.717) is 64.0 Å². The average molecular weight is 1220 g/mol. The summed E-state index contributed by atoms with van der Waals surface area (Å²) in [4.78, 5) is 66.2. The molecule has 2 aromatic carbocycles. The van der Waals surface area contributed by atoms with E-state index in [1.807, 2.05) is 91.1 Å². The molecule has 23 heteroatoms. The number of anilines is 2. The van der Waals surface area contributed by atoms with Crippen molar-refractivity contribution in [3.8, 4) is 0 Å². The van der Waals surface area contributed by atoms with Gasteiger partial charge in [0, 0.05) is 131 Å². The van der Waals surface area contributed by atoms with E-state index in [1.54, 1.807) is 37.6 Å². The van der Waals surface area contributed by atoms with Crippen LogP contribution in [-0.4, -0.2) is 151 Å². The molecule has 4 aliphatic rings. The number of alkyl halides is 1. The predicted molar refractivity (Wildman–Crippen MR) is 322 cm³/mol. The minimum atomic E-state index is -0.454. The maximum absolute atomic E-state index is 12.5. The Morgan fingerprint density at radius 1 is 0.631 bits per heavy atom. The number of esters is 2. The molecule has 7 aromatic rings. The number of fused-ring (bicyclic) bond motifs is 4. The number of nitrogens with one attached hydrogen (secondary N) is 3. The normalized spacial score (nSPS) is 14.2. The van der Waals surface area contributed by atoms with Crippen LogP contribution in [0.5, 0.6) is 0 Å². The molecule has 4 N–H and O–H groups in total. The molecular formula is C61H81BrN14O8. The summed E-state index contributed by atoms with van der Waals surface area (Å²) >= 11 is 2.99. The van der Waals surface area contributed by atoms with Crippen LogP contribution in [-0.2, 0) is 105 Å². The highest BCUT2D eigenvalue weighted by molar-refractivity contribution is 9.09. The van der Waals surface area contributed by atoms with Crippen LogP contribution in [0.4, 0.5) is 11.9 Å². The Labute approximate surface area is 500 Å². The van der Waals surface area contributed by atoms with Crippen molar-refractivity contribution < 1.29 is 38.4 Å². The van der Waals surface area contributed by atoms with Gasteiger partial charge in [-0.25, -0.2) is 39.7 Å². The van der Waals surface area contributed by atoms with Crippen molar-refractivity contribution in [2.24, 2.45) is 0 Å². The van der Waals surface area contributed by atoms with Crippen LogP contribution in [0.2, 0.25) is 0 Å². The number of aliphatic hydroxyl groups excluding tert-OH is 1. The van der Waals surface area contributed by atoms with Gasteiger partial charge in [0.1, 0.15) is 29.7 Å². The highest BCUT2D eigenvalue weighted by Gasteiger charge is 2.26. The van der Waals surface area contributed by atoms with Crippen molar-refractivity contribution in [1.82, 2.24) is 58.8 Å². The van der Waals surface area contributed by atoms with E-state index in [1.165, 1.54) is 33.5 Å². The molecule has 0 bridgehead atoms. The fourth-order valence-electron chi connectivity index (χ4n) is 9.45. The molecule has 0 radical (unpaired) electrons. The Balaban J connectivity index is 0.000000165.